The minimum absolute atomic E-state index is 0.120. The molecule has 0 aliphatic heterocycles. The SMILES string of the molecule is O=C(Nc1cc(N(O)O)c(C=Cc2ccccc2)cc1C(=O)[O-])c1ccccc1. The zero-order valence-corrected chi connectivity index (χ0v) is 15.1. The number of carbonyl (C=O) groups is 2. The molecule has 7 heteroatoms. The molecule has 0 saturated heterocycles. The van der Waals surface area contributed by atoms with Crippen LogP contribution in [-0.4, -0.2) is 22.3 Å². The van der Waals surface area contributed by atoms with Gasteiger partial charge in [-0.25, -0.2) is 0 Å². The molecule has 0 atom stereocenters. The maximum absolute atomic E-state index is 12.4. The number of benzene rings is 3. The third-order valence-corrected chi connectivity index (χ3v) is 4.14. The molecule has 29 heavy (non-hydrogen) atoms. The molecule has 146 valence electrons. The Bertz CT molecular complexity index is 1050. The van der Waals surface area contributed by atoms with Crippen LogP contribution in [0.2, 0.25) is 0 Å². The third-order valence-electron chi connectivity index (χ3n) is 4.14. The van der Waals surface area contributed by atoms with Gasteiger partial charge in [-0.3, -0.25) is 15.2 Å². The molecule has 0 radical (unpaired) electrons. The quantitative estimate of drug-likeness (QED) is 0.441. The highest BCUT2D eigenvalue weighted by Crippen LogP contribution is 2.29. The van der Waals surface area contributed by atoms with Gasteiger partial charge in [0.2, 0.25) is 0 Å². The molecule has 0 aromatic heterocycles. The van der Waals surface area contributed by atoms with Crippen molar-refractivity contribution in [3.8, 4) is 0 Å². The number of carboxylic acids is 1. The Balaban J connectivity index is 2.01. The number of hydrogen-bond donors (Lipinski definition) is 3. The first-order chi connectivity index (χ1) is 14.0. The molecule has 3 aromatic carbocycles. The fourth-order valence-corrected chi connectivity index (χ4v) is 2.72. The van der Waals surface area contributed by atoms with E-state index in [1.807, 2.05) is 30.3 Å². The smallest absolute Gasteiger partial charge is 0.255 e. The van der Waals surface area contributed by atoms with E-state index in [4.69, 9.17) is 0 Å². The van der Waals surface area contributed by atoms with E-state index in [2.05, 4.69) is 5.32 Å². The molecule has 1 amide bonds. The fourth-order valence-electron chi connectivity index (χ4n) is 2.72. The van der Waals surface area contributed by atoms with E-state index in [0.717, 1.165) is 11.6 Å². The number of nitrogens with one attached hydrogen (secondary N) is 1. The summed E-state index contributed by atoms with van der Waals surface area (Å²) in [6.07, 6.45) is 3.21. The van der Waals surface area contributed by atoms with Crippen LogP contribution < -0.4 is 15.6 Å². The fraction of sp³-hybridized carbons (Fsp3) is 0. The number of aromatic carboxylic acids is 1. The Morgan fingerprint density at radius 3 is 2.10 bits per heavy atom. The topological polar surface area (TPSA) is 113 Å². The Kier molecular flexibility index (Phi) is 6.03. The summed E-state index contributed by atoms with van der Waals surface area (Å²) in [5, 5.41) is 33.1. The normalized spacial score (nSPS) is 10.7. The van der Waals surface area contributed by atoms with Crippen molar-refractivity contribution >= 4 is 35.4 Å². The molecule has 3 rings (SSSR count). The highest BCUT2D eigenvalue weighted by atomic mass is 16.8. The zero-order valence-electron chi connectivity index (χ0n) is 15.1. The van der Waals surface area contributed by atoms with Gasteiger partial charge in [-0.1, -0.05) is 60.7 Å². The Morgan fingerprint density at radius 1 is 0.897 bits per heavy atom. The summed E-state index contributed by atoms with van der Waals surface area (Å²) in [7, 11) is 0. The summed E-state index contributed by atoms with van der Waals surface area (Å²) >= 11 is 0. The first kappa shape index (κ1) is 19.8. The highest BCUT2D eigenvalue weighted by Gasteiger charge is 2.15. The van der Waals surface area contributed by atoms with Crippen LogP contribution in [0.3, 0.4) is 0 Å². The third kappa shape index (κ3) is 4.86. The predicted molar refractivity (Wildman–Crippen MR) is 107 cm³/mol. The second-order valence-electron chi connectivity index (χ2n) is 6.10. The van der Waals surface area contributed by atoms with Crippen molar-refractivity contribution in [2.45, 2.75) is 0 Å². The average molecular weight is 389 g/mol. The number of rotatable bonds is 6. The highest BCUT2D eigenvalue weighted by molar-refractivity contribution is 6.08. The predicted octanol–water partition coefficient (Wildman–Crippen LogP) is 3.06. The van der Waals surface area contributed by atoms with E-state index in [9.17, 15) is 25.1 Å². The van der Waals surface area contributed by atoms with Crippen molar-refractivity contribution in [1.82, 2.24) is 0 Å². The molecule has 0 bridgehead atoms. The second kappa shape index (κ2) is 8.83. The van der Waals surface area contributed by atoms with Crippen molar-refractivity contribution in [2.75, 3.05) is 10.5 Å². The van der Waals surface area contributed by atoms with Crippen LogP contribution in [-0.2, 0) is 0 Å². The van der Waals surface area contributed by atoms with Crippen molar-refractivity contribution in [3.05, 3.63) is 95.1 Å². The van der Waals surface area contributed by atoms with Gasteiger partial charge < -0.3 is 15.2 Å². The van der Waals surface area contributed by atoms with Gasteiger partial charge in [0.1, 0.15) is 5.69 Å². The summed E-state index contributed by atoms with van der Waals surface area (Å²) < 4.78 is 0. The molecule has 0 spiro atoms. The summed E-state index contributed by atoms with van der Waals surface area (Å²) in [6, 6.07) is 19.7. The maximum atomic E-state index is 12.4. The number of nitrogens with zero attached hydrogens (tertiary/aromatic N) is 1. The van der Waals surface area contributed by atoms with Crippen molar-refractivity contribution in [3.63, 3.8) is 0 Å². The summed E-state index contributed by atoms with van der Waals surface area (Å²) in [6.45, 7) is 0. The molecule has 0 unspecified atom stereocenters. The zero-order chi connectivity index (χ0) is 20.8. The molecule has 0 aliphatic rings. The van der Waals surface area contributed by atoms with Crippen molar-refractivity contribution < 1.29 is 25.1 Å². The molecular formula is C22H17N2O5-. The van der Waals surface area contributed by atoms with Crippen LogP contribution in [0.15, 0.2) is 72.8 Å². The lowest BCUT2D eigenvalue weighted by Gasteiger charge is -2.18. The van der Waals surface area contributed by atoms with Gasteiger partial charge in [0, 0.05) is 16.7 Å². The van der Waals surface area contributed by atoms with Gasteiger partial charge in [0.25, 0.3) is 5.91 Å². The van der Waals surface area contributed by atoms with Gasteiger partial charge in [-0.15, -0.1) is 5.23 Å². The van der Waals surface area contributed by atoms with Gasteiger partial charge in [-0.05, 0) is 29.8 Å². The minimum Gasteiger partial charge on any atom is -0.545 e. The van der Waals surface area contributed by atoms with E-state index in [-0.39, 0.29) is 27.7 Å². The second-order valence-corrected chi connectivity index (χ2v) is 6.10. The van der Waals surface area contributed by atoms with Gasteiger partial charge in [0.15, 0.2) is 0 Å². The average Bonchev–Trinajstić information content (AvgIpc) is 2.73. The summed E-state index contributed by atoms with van der Waals surface area (Å²) in [5.74, 6) is -2.06. The van der Waals surface area contributed by atoms with E-state index in [1.54, 1.807) is 36.4 Å². The lowest BCUT2D eigenvalue weighted by Crippen LogP contribution is -2.26. The largest absolute Gasteiger partial charge is 0.545 e. The number of amides is 1. The van der Waals surface area contributed by atoms with E-state index >= 15 is 0 Å². The van der Waals surface area contributed by atoms with Crippen molar-refractivity contribution in [2.24, 2.45) is 0 Å². The van der Waals surface area contributed by atoms with E-state index in [1.165, 1.54) is 12.1 Å². The molecule has 0 saturated carbocycles. The van der Waals surface area contributed by atoms with Gasteiger partial charge in [-0.2, -0.15) is 0 Å². The van der Waals surface area contributed by atoms with Crippen LogP contribution in [0, 0.1) is 0 Å². The van der Waals surface area contributed by atoms with Gasteiger partial charge in [0.05, 0.1) is 11.7 Å². The molecule has 0 aliphatic carbocycles. The van der Waals surface area contributed by atoms with Crippen LogP contribution in [0.4, 0.5) is 11.4 Å². The first-order valence-corrected chi connectivity index (χ1v) is 8.62. The molecule has 3 N–H and O–H groups in total. The van der Waals surface area contributed by atoms with E-state index in [0.29, 0.717) is 5.56 Å². The van der Waals surface area contributed by atoms with Crippen LogP contribution in [0.5, 0.6) is 0 Å². The molecule has 3 aromatic rings. The standard InChI is InChI=1S/C22H18N2O5/c25-21(16-9-5-2-6-10-16)23-19-14-20(24(28)29)17(13-18(19)22(26)27)12-11-15-7-3-1-4-8-15/h1-14,28-29H,(H,23,25)(H,26,27)/p-1. The summed E-state index contributed by atoms with van der Waals surface area (Å²) in [5.41, 5.74) is 0.807. The molecular weight excluding hydrogens is 372 g/mol. The monoisotopic (exact) mass is 389 g/mol. The maximum Gasteiger partial charge on any atom is 0.255 e. The Hall–Kier alpha value is -3.94. The molecule has 0 heterocycles. The summed E-state index contributed by atoms with van der Waals surface area (Å²) in [4.78, 5) is 24.0. The van der Waals surface area contributed by atoms with Crippen LogP contribution in [0.25, 0.3) is 12.2 Å². The molecule has 0 fully saturated rings. The van der Waals surface area contributed by atoms with Crippen molar-refractivity contribution in [1.29, 1.82) is 0 Å². The Labute approximate surface area is 166 Å². The van der Waals surface area contributed by atoms with E-state index < -0.39 is 11.9 Å². The van der Waals surface area contributed by atoms with Crippen LogP contribution in [0.1, 0.15) is 31.8 Å². The number of hydrogen-bond acceptors (Lipinski definition) is 6. The number of carbonyl (C=O) groups excluding carboxylic acids is 2. The number of carboxylic acid groups (broad SMARTS) is 1. The van der Waals surface area contributed by atoms with Crippen LogP contribution >= 0.6 is 0 Å². The Morgan fingerprint density at radius 2 is 1.52 bits per heavy atom. The lowest BCUT2D eigenvalue weighted by molar-refractivity contribution is -0.254. The lowest BCUT2D eigenvalue weighted by atomic mass is 10.0. The first-order valence-electron chi connectivity index (χ1n) is 8.62. The molecule has 7 nitrogen and oxygen atoms in total. The van der Waals surface area contributed by atoms with Gasteiger partial charge >= 0.3 is 0 Å². The number of anilines is 2. The minimum atomic E-state index is -1.52.